The second-order valence-corrected chi connectivity index (χ2v) is 2.90. The number of hydrogen-bond acceptors (Lipinski definition) is 3. The molecule has 4 nitrogen and oxygen atoms in total. The van der Waals surface area contributed by atoms with Crippen molar-refractivity contribution in [2.45, 2.75) is 38.1 Å². The molecule has 5 heteroatoms. The molecule has 0 atom stereocenters. The molecule has 0 radical (unpaired) electrons. The van der Waals surface area contributed by atoms with Crippen LogP contribution in [-0.4, -0.2) is 10.9 Å². The predicted molar refractivity (Wildman–Crippen MR) is 32.0 cm³/mol. The molecule has 0 heterocycles. The van der Waals surface area contributed by atoms with Crippen LogP contribution in [-0.2, 0) is 25.3 Å². The van der Waals surface area contributed by atoms with Gasteiger partial charge >= 0.3 is 73.8 Å². The molecule has 0 saturated heterocycles. The quantitative estimate of drug-likeness (QED) is 0.252. The zero-order chi connectivity index (χ0) is 8.10. The van der Waals surface area contributed by atoms with Gasteiger partial charge in [-0.15, -0.1) is 0 Å². The predicted octanol–water partition coefficient (Wildman–Crippen LogP) is 1.69. The molecule has 0 aromatic heterocycles. The monoisotopic (exact) mass is 207 g/mol. The average Bonchev–Trinajstić information content (AvgIpc) is 2.07. The van der Waals surface area contributed by atoms with E-state index in [0.29, 0.717) is 0 Å². The Morgan fingerprint density at radius 1 is 1.27 bits per heavy atom. The third-order valence-corrected chi connectivity index (χ3v) is 2.08. The van der Waals surface area contributed by atoms with E-state index in [2.05, 4.69) is 25.3 Å². The number of nitrogens with one attached hydrogen (secondary N) is 1. The fourth-order valence-electron chi connectivity index (χ4n) is 1.40. The summed E-state index contributed by atoms with van der Waals surface area (Å²) >= 11 is 4.25. The molecule has 11 heavy (non-hydrogen) atoms. The summed E-state index contributed by atoms with van der Waals surface area (Å²) in [6, 6.07) is 0.156. The zero-order valence-electron chi connectivity index (χ0n) is 6.18. The molecule has 0 spiro atoms. The summed E-state index contributed by atoms with van der Waals surface area (Å²) in [5.74, 6) is 0. The molecule has 1 aliphatic carbocycles. The number of rotatable bonds is 3. The van der Waals surface area contributed by atoms with Gasteiger partial charge in [-0.05, 0) is 0 Å². The summed E-state index contributed by atoms with van der Waals surface area (Å²) in [6.07, 6.45) is 5.59. The molecule has 1 fully saturated rings. The Hall–Kier alpha value is -0.121. The van der Waals surface area contributed by atoms with Gasteiger partial charge in [0.1, 0.15) is 0 Å². The van der Waals surface area contributed by atoms with Crippen molar-refractivity contribution < 1.29 is 30.2 Å². The summed E-state index contributed by atoms with van der Waals surface area (Å²) < 4.78 is 3.96. The fourth-order valence-corrected chi connectivity index (χ4v) is 1.48. The fraction of sp³-hybridized carbons (Fsp3) is 1.00. The molecule has 0 unspecified atom stereocenters. The first-order valence-corrected chi connectivity index (χ1v) is 4.16. The molecule has 0 aromatic carbocycles. The Morgan fingerprint density at radius 2 is 1.91 bits per heavy atom. The van der Waals surface area contributed by atoms with E-state index in [-0.39, 0.29) is 6.04 Å². The van der Waals surface area contributed by atoms with E-state index in [4.69, 9.17) is 5.53 Å². The topological polar surface area (TPSA) is 45.3 Å². The van der Waals surface area contributed by atoms with Crippen molar-refractivity contribution in [1.82, 2.24) is 0 Å². The molecule has 0 amide bonds. The Kier molecular flexibility index (Phi) is 3.83. The Bertz CT molecular complexity index is 137. The molecule has 1 rings (SSSR count). The van der Waals surface area contributed by atoms with Crippen LogP contribution in [0, 0.1) is 5.53 Å². The average molecular weight is 208 g/mol. The minimum absolute atomic E-state index is 0.156. The standard InChI is InChI=1S/C6H12N2O2.Cu/c7-8(10-9)6-4-2-1-3-5-6;/h6-7H,1-5H2;/q;+1. The van der Waals surface area contributed by atoms with Gasteiger partial charge in [-0.25, -0.2) is 0 Å². The van der Waals surface area contributed by atoms with Gasteiger partial charge < -0.3 is 0 Å². The normalized spacial score (nSPS) is 19.8. The van der Waals surface area contributed by atoms with Crippen LogP contribution in [0.15, 0.2) is 0 Å². The molecule has 1 saturated carbocycles. The molecule has 0 bridgehead atoms. The van der Waals surface area contributed by atoms with Gasteiger partial charge in [-0.2, -0.15) is 0 Å². The van der Waals surface area contributed by atoms with Crippen molar-refractivity contribution in [2.75, 3.05) is 0 Å². The second kappa shape index (κ2) is 4.70. The zero-order valence-corrected chi connectivity index (χ0v) is 7.12. The van der Waals surface area contributed by atoms with Gasteiger partial charge in [0.2, 0.25) is 0 Å². The number of hydroxylamine groups is 1. The SMILES string of the molecule is N=[N+](O[O][Cu])C1CCCCC1. The first kappa shape index (κ1) is 8.97. The van der Waals surface area contributed by atoms with E-state index in [1.165, 1.54) is 19.3 Å². The Labute approximate surface area is 74.4 Å². The summed E-state index contributed by atoms with van der Waals surface area (Å²) in [4.78, 5) is 5.35. The number of nitrogens with zero attached hydrogens (tertiary/aromatic N) is 1. The van der Waals surface area contributed by atoms with Gasteiger partial charge in [-0.1, -0.05) is 0 Å². The van der Waals surface area contributed by atoms with Gasteiger partial charge in [0.25, 0.3) is 0 Å². The van der Waals surface area contributed by atoms with Crippen LogP contribution in [0.4, 0.5) is 0 Å². The molecular weight excluding hydrogens is 196 g/mol. The van der Waals surface area contributed by atoms with E-state index in [9.17, 15) is 0 Å². The molecule has 0 aromatic rings. The molecule has 0 aliphatic heterocycles. The van der Waals surface area contributed by atoms with Gasteiger partial charge in [-0.3, -0.25) is 0 Å². The van der Waals surface area contributed by atoms with Crippen LogP contribution in [0.25, 0.3) is 0 Å². The third-order valence-electron chi connectivity index (χ3n) is 2.01. The Morgan fingerprint density at radius 3 is 2.45 bits per heavy atom. The summed E-state index contributed by atoms with van der Waals surface area (Å²) in [6.45, 7) is 0. The van der Waals surface area contributed by atoms with Crippen LogP contribution in [0.3, 0.4) is 0 Å². The van der Waals surface area contributed by atoms with Crippen molar-refractivity contribution in [3.05, 3.63) is 0 Å². The molecular formula is C6H12CuN2O2+. The Balaban J connectivity index is 2.27. The van der Waals surface area contributed by atoms with Gasteiger partial charge in [0.15, 0.2) is 0 Å². The second-order valence-electron chi connectivity index (χ2n) is 2.74. The maximum absolute atomic E-state index is 7.28. The van der Waals surface area contributed by atoms with Crippen molar-refractivity contribution in [2.24, 2.45) is 0 Å². The maximum atomic E-state index is 7.28. The van der Waals surface area contributed by atoms with Crippen molar-refractivity contribution in [3.63, 3.8) is 0 Å². The van der Waals surface area contributed by atoms with Crippen LogP contribution < -0.4 is 0 Å². The molecule has 68 valence electrons. The summed E-state index contributed by atoms with van der Waals surface area (Å²) in [5.41, 5.74) is 7.28. The van der Waals surface area contributed by atoms with Crippen LogP contribution in [0.5, 0.6) is 0 Å². The van der Waals surface area contributed by atoms with Gasteiger partial charge in [0, 0.05) is 0 Å². The summed E-state index contributed by atoms with van der Waals surface area (Å²) in [7, 11) is 0. The van der Waals surface area contributed by atoms with Crippen molar-refractivity contribution in [3.8, 4) is 0 Å². The van der Waals surface area contributed by atoms with E-state index >= 15 is 0 Å². The summed E-state index contributed by atoms with van der Waals surface area (Å²) in [5, 5.41) is 0. The molecule has 1 aliphatic rings. The van der Waals surface area contributed by atoms with Gasteiger partial charge in [0.05, 0.1) is 0 Å². The van der Waals surface area contributed by atoms with E-state index in [0.717, 1.165) is 17.7 Å². The molecule has 1 N–H and O–H groups in total. The van der Waals surface area contributed by atoms with Crippen molar-refractivity contribution >= 4 is 0 Å². The van der Waals surface area contributed by atoms with Crippen LogP contribution in [0.2, 0.25) is 0 Å². The van der Waals surface area contributed by atoms with E-state index in [1.54, 1.807) is 0 Å². The van der Waals surface area contributed by atoms with Crippen LogP contribution in [0.1, 0.15) is 32.1 Å². The third kappa shape index (κ3) is 2.77. The minimum atomic E-state index is 0.156. The first-order valence-electron chi connectivity index (χ1n) is 3.77. The van der Waals surface area contributed by atoms with E-state index < -0.39 is 0 Å². The first-order chi connectivity index (χ1) is 5.34. The van der Waals surface area contributed by atoms with Crippen molar-refractivity contribution in [1.29, 1.82) is 5.53 Å². The van der Waals surface area contributed by atoms with E-state index in [1.807, 2.05) is 0 Å². The van der Waals surface area contributed by atoms with Crippen LogP contribution >= 0.6 is 0 Å². The number of hydrogen-bond donors (Lipinski definition) is 1.